The summed E-state index contributed by atoms with van der Waals surface area (Å²) in [5, 5.41) is 18.9. The van der Waals surface area contributed by atoms with Gasteiger partial charge in [-0.15, -0.1) is 0 Å². The van der Waals surface area contributed by atoms with Gasteiger partial charge in [-0.1, -0.05) is 31.5 Å². The number of aromatic nitrogens is 1. The molecule has 140 valence electrons. The number of pyridine rings is 1. The van der Waals surface area contributed by atoms with E-state index in [-0.39, 0.29) is 17.9 Å². The van der Waals surface area contributed by atoms with Crippen LogP contribution in [0.3, 0.4) is 0 Å². The van der Waals surface area contributed by atoms with E-state index in [0.29, 0.717) is 23.5 Å². The number of nitrogens with zero attached hydrogens (tertiary/aromatic N) is 3. The minimum absolute atomic E-state index is 0.00825. The van der Waals surface area contributed by atoms with E-state index in [9.17, 15) is 9.90 Å². The summed E-state index contributed by atoms with van der Waals surface area (Å²) in [5.41, 5.74) is 2.44. The first kappa shape index (κ1) is 19.1. The van der Waals surface area contributed by atoms with E-state index in [4.69, 9.17) is 5.26 Å². The number of hydrogen-bond donors (Lipinski definition) is 1. The number of hydrogen-bond acceptors (Lipinski definition) is 4. The van der Waals surface area contributed by atoms with E-state index in [1.165, 1.54) is 0 Å². The van der Waals surface area contributed by atoms with Gasteiger partial charge in [0.15, 0.2) is 0 Å². The van der Waals surface area contributed by atoms with Crippen LogP contribution in [0.2, 0.25) is 0 Å². The van der Waals surface area contributed by atoms with Crippen LogP contribution in [0.4, 0.5) is 0 Å². The van der Waals surface area contributed by atoms with E-state index < -0.39 is 0 Å². The summed E-state index contributed by atoms with van der Waals surface area (Å²) in [6.07, 6.45) is 3.84. The van der Waals surface area contributed by atoms with Gasteiger partial charge in [-0.05, 0) is 43.5 Å². The SMILES string of the molecule is CCC[C@@]1(CO)CCCN(C(=O)c2ccc(-c3cccc(C#N)n3)cc2)C1. The number of benzene rings is 1. The second kappa shape index (κ2) is 8.32. The Bertz CT molecular complexity index is 837. The molecule has 0 bridgehead atoms. The Hall–Kier alpha value is -2.71. The number of amides is 1. The largest absolute Gasteiger partial charge is 0.396 e. The van der Waals surface area contributed by atoms with Crippen LogP contribution in [0.5, 0.6) is 0 Å². The number of carbonyl (C=O) groups is 1. The average Bonchev–Trinajstić information content (AvgIpc) is 2.73. The Labute approximate surface area is 160 Å². The highest BCUT2D eigenvalue weighted by Crippen LogP contribution is 2.34. The lowest BCUT2D eigenvalue weighted by Crippen LogP contribution is -2.47. The van der Waals surface area contributed by atoms with E-state index in [0.717, 1.165) is 37.8 Å². The molecule has 0 unspecified atom stereocenters. The van der Waals surface area contributed by atoms with Crippen LogP contribution in [0.1, 0.15) is 48.7 Å². The molecule has 3 rings (SSSR count). The smallest absolute Gasteiger partial charge is 0.253 e. The van der Waals surface area contributed by atoms with Crippen LogP contribution in [-0.4, -0.2) is 40.6 Å². The van der Waals surface area contributed by atoms with Crippen molar-refractivity contribution >= 4 is 5.91 Å². The minimum atomic E-state index is -0.162. The molecule has 1 aromatic heterocycles. The molecule has 0 radical (unpaired) electrons. The van der Waals surface area contributed by atoms with Crippen molar-refractivity contribution in [3.05, 3.63) is 53.7 Å². The number of likely N-dealkylation sites (tertiary alicyclic amines) is 1. The van der Waals surface area contributed by atoms with E-state index in [1.807, 2.05) is 41.3 Å². The van der Waals surface area contributed by atoms with Crippen molar-refractivity contribution in [1.29, 1.82) is 5.26 Å². The third-order valence-corrected chi connectivity index (χ3v) is 5.36. The lowest BCUT2D eigenvalue weighted by atomic mass is 9.77. The van der Waals surface area contributed by atoms with Gasteiger partial charge in [-0.3, -0.25) is 4.79 Å². The zero-order chi connectivity index (χ0) is 19.3. The third kappa shape index (κ3) is 4.17. The Morgan fingerprint density at radius 3 is 2.74 bits per heavy atom. The molecular weight excluding hydrogens is 338 g/mol. The van der Waals surface area contributed by atoms with Crippen molar-refractivity contribution in [3.63, 3.8) is 0 Å². The average molecular weight is 363 g/mol. The van der Waals surface area contributed by atoms with Crippen LogP contribution in [0.15, 0.2) is 42.5 Å². The Balaban J connectivity index is 1.76. The number of rotatable bonds is 5. The first-order valence-electron chi connectivity index (χ1n) is 9.48. The van der Waals surface area contributed by atoms with Crippen molar-refractivity contribution in [2.45, 2.75) is 32.6 Å². The fourth-order valence-corrected chi connectivity index (χ4v) is 3.95. The van der Waals surface area contributed by atoms with Gasteiger partial charge in [0.1, 0.15) is 11.8 Å². The molecule has 0 saturated carbocycles. The molecule has 1 aliphatic heterocycles. The predicted octanol–water partition coefficient (Wildman–Crippen LogP) is 3.64. The molecule has 1 atom stereocenters. The fraction of sp³-hybridized carbons (Fsp3) is 0.409. The highest BCUT2D eigenvalue weighted by Gasteiger charge is 2.36. The van der Waals surface area contributed by atoms with Crippen molar-refractivity contribution in [3.8, 4) is 17.3 Å². The molecule has 2 heterocycles. The zero-order valence-corrected chi connectivity index (χ0v) is 15.7. The molecule has 5 nitrogen and oxygen atoms in total. The zero-order valence-electron chi connectivity index (χ0n) is 15.7. The molecule has 1 fully saturated rings. The van der Waals surface area contributed by atoms with Gasteiger partial charge in [0.2, 0.25) is 0 Å². The molecule has 1 aromatic carbocycles. The Kier molecular flexibility index (Phi) is 5.88. The second-order valence-corrected chi connectivity index (χ2v) is 7.34. The predicted molar refractivity (Wildman–Crippen MR) is 104 cm³/mol. The van der Waals surface area contributed by atoms with Gasteiger partial charge in [0, 0.05) is 29.6 Å². The summed E-state index contributed by atoms with van der Waals surface area (Å²) >= 11 is 0. The molecule has 1 amide bonds. The molecular formula is C22H25N3O2. The van der Waals surface area contributed by atoms with Crippen LogP contribution in [-0.2, 0) is 0 Å². The van der Waals surface area contributed by atoms with E-state index in [1.54, 1.807) is 12.1 Å². The van der Waals surface area contributed by atoms with E-state index >= 15 is 0 Å². The van der Waals surface area contributed by atoms with Crippen molar-refractivity contribution in [1.82, 2.24) is 9.88 Å². The topological polar surface area (TPSA) is 77.2 Å². The Morgan fingerprint density at radius 2 is 2.07 bits per heavy atom. The summed E-state index contributed by atoms with van der Waals surface area (Å²) in [5.74, 6) is 0.00825. The monoisotopic (exact) mass is 363 g/mol. The maximum Gasteiger partial charge on any atom is 0.253 e. The molecule has 27 heavy (non-hydrogen) atoms. The van der Waals surface area contributed by atoms with Crippen LogP contribution in [0, 0.1) is 16.7 Å². The fourth-order valence-electron chi connectivity index (χ4n) is 3.95. The van der Waals surface area contributed by atoms with Gasteiger partial charge in [-0.2, -0.15) is 5.26 Å². The Morgan fingerprint density at radius 1 is 1.30 bits per heavy atom. The summed E-state index contributed by atoms with van der Waals surface area (Å²) in [7, 11) is 0. The first-order valence-corrected chi connectivity index (χ1v) is 9.48. The van der Waals surface area contributed by atoms with Gasteiger partial charge < -0.3 is 10.0 Å². The lowest BCUT2D eigenvalue weighted by Gasteiger charge is -2.42. The molecule has 5 heteroatoms. The lowest BCUT2D eigenvalue weighted by molar-refractivity contribution is 0.0222. The summed E-state index contributed by atoms with van der Waals surface area (Å²) in [6.45, 7) is 3.60. The van der Waals surface area contributed by atoms with Crippen LogP contribution >= 0.6 is 0 Å². The number of carbonyl (C=O) groups excluding carboxylic acids is 1. The third-order valence-electron chi connectivity index (χ3n) is 5.36. The number of aliphatic hydroxyl groups excluding tert-OH is 1. The quantitative estimate of drug-likeness (QED) is 0.880. The molecule has 0 aliphatic carbocycles. The number of nitriles is 1. The molecule has 0 spiro atoms. The first-order chi connectivity index (χ1) is 13.1. The maximum absolute atomic E-state index is 12.9. The van der Waals surface area contributed by atoms with Crippen LogP contribution in [0.25, 0.3) is 11.3 Å². The maximum atomic E-state index is 12.9. The van der Waals surface area contributed by atoms with Crippen molar-refractivity contribution in [2.75, 3.05) is 19.7 Å². The highest BCUT2D eigenvalue weighted by atomic mass is 16.3. The second-order valence-electron chi connectivity index (χ2n) is 7.34. The van der Waals surface area contributed by atoms with Crippen molar-refractivity contribution < 1.29 is 9.90 Å². The van der Waals surface area contributed by atoms with Gasteiger partial charge in [-0.25, -0.2) is 4.98 Å². The number of aliphatic hydroxyl groups is 1. The van der Waals surface area contributed by atoms with E-state index in [2.05, 4.69) is 11.9 Å². The minimum Gasteiger partial charge on any atom is -0.396 e. The van der Waals surface area contributed by atoms with Crippen molar-refractivity contribution in [2.24, 2.45) is 5.41 Å². The summed E-state index contributed by atoms with van der Waals surface area (Å²) in [6, 6.07) is 14.7. The summed E-state index contributed by atoms with van der Waals surface area (Å²) < 4.78 is 0. The molecule has 2 aromatic rings. The van der Waals surface area contributed by atoms with Gasteiger partial charge in [0.25, 0.3) is 5.91 Å². The van der Waals surface area contributed by atoms with Crippen LogP contribution < -0.4 is 0 Å². The summed E-state index contributed by atoms with van der Waals surface area (Å²) in [4.78, 5) is 19.1. The highest BCUT2D eigenvalue weighted by molar-refractivity contribution is 5.94. The molecule has 1 aliphatic rings. The normalized spacial score (nSPS) is 19.5. The standard InChI is InChI=1S/C22H25N3O2/c1-2-11-22(16-26)12-4-13-25(15-22)21(27)18-9-7-17(8-10-18)20-6-3-5-19(14-23)24-20/h3,5-10,26H,2,4,11-13,15-16H2,1H3/t22-/m1/s1. The number of piperidine rings is 1. The molecule has 1 saturated heterocycles. The van der Waals surface area contributed by atoms with Gasteiger partial charge >= 0.3 is 0 Å². The van der Waals surface area contributed by atoms with Gasteiger partial charge in [0.05, 0.1) is 12.3 Å². The molecule has 1 N–H and O–H groups in total.